The molecule has 0 aromatic heterocycles. The lowest BCUT2D eigenvalue weighted by Gasteiger charge is -2.41. The van der Waals surface area contributed by atoms with Gasteiger partial charge in [0.1, 0.15) is 0 Å². The lowest BCUT2D eigenvalue weighted by molar-refractivity contribution is -0.140. The van der Waals surface area contributed by atoms with Crippen LogP contribution in [0.25, 0.3) is 0 Å². The summed E-state index contributed by atoms with van der Waals surface area (Å²) in [5.41, 5.74) is 6.68. The molecule has 0 spiro atoms. The largest absolute Gasteiger partial charge is 0.349 e. The van der Waals surface area contributed by atoms with Crippen LogP contribution >= 0.6 is 12.4 Å². The van der Waals surface area contributed by atoms with Crippen molar-refractivity contribution in [2.75, 3.05) is 13.1 Å². The molecule has 1 aromatic carbocycles. The number of rotatable bonds is 3. The van der Waals surface area contributed by atoms with Gasteiger partial charge in [-0.15, -0.1) is 12.4 Å². The molecular weight excluding hydrogens is 350 g/mol. The highest BCUT2D eigenvalue weighted by molar-refractivity contribution is 5.94. The fourth-order valence-electron chi connectivity index (χ4n) is 4.09. The van der Waals surface area contributed by atoms with E-state index >= 15 is 0 Å². The van der Waals surface area contributed by atoms with Crippen molar-refractivity contribution in [1.82, 2.24) is 10.2 Å². The van der Waals surface area contributed by atoms with E-state index in [4.69, 9.17) is 5.73 Å². The Kier molecular flexibility index (Phi) is 7.07. The van der Waals surface area contributed by atoms with E-state index in [0.717, 1.165) is 38.5 Å². The molecule has 2 atom stereocenters. The average Bonchev–Trinajstić information content (AvgIpc) is 2.62. The molecular formula is C20H30ClN3O2. The van der Waals surface area contributed by atoms with Crippen molar-refractivity contribution < 1.29 is 9.59 Å². The van der Waals surface area contributed by atoms with Crippen molar-refractivity contribution in [3.8, 4) is 0 Å². The van der Waals surface area contributed by atoms with Crippen molar-refractivity contribution in [2.24, 2.45) is 11.7 Å². The van der Waals surface area contributed by atoms with E-state index in [9.17, 15) is 9.59 Å². The highest BCUT2D eigenvalue weighted by atomic mass is 35.5. The topological polar surface area (TPSA) is 75.4 Å². The van der Waals surface area contributed by atoms with Crippen molar-refractivity contribution in [3.63, 3.8) is 0 Å². The van der Waals surface area contributed by atoms with Gasteiger partial charge in [-0.05, 0) is 44.7 Å². The molecule has 3 rings (SSSR count). The van der Waals surface area contributed by atoms with Crippen LogP contribution in [0.1, 0.15) is 55.8 Å². The Balaban J connectivity index is 0.00000243. The summed E-state index contributed by atoms with van der Waals surface area (Å²) in [4.78, 5) is 27.1. The van der Waals surface area contributed by atoms with Gasteiger partial charge in [0.05, 0.1) is 5.92 Å². The minimum Gasteiger partial charge on any atom is -0.349 e. The predicted octanol–water partition coefficient (Wildman–Crippen LogP) is 2.74. The molecule has 144 valence electrons. The van der Waals surface area contributed by atoms with E-state index in [1.165, 1.54) is 0 Å². The molecule has 2 fully saturated rings. The fraction of sp³-hybridized carbons (Fsp3) is 0.600. The first-order valence-electron chi connectivity index (χ1n) is 9.41. The smallest absolute Gasteiger partial charge is 0.251 e. The summed E-state index contributed by atoms with van der Waals surface area (Å²) in [6, 6.07) is 9.40. The van der Waals surface area contributed by atoms with Gasteiger partial charge in [-0.1, -0.05) is 31.0 Å². The minimum atomic E-state index is -0.381. The summed E-state index contributed by atoms with van der Waals surface area (Å²) in [6.45, 7) is 3.41. The van der Waals surface area contributed by atoms with Crippen molar-refractivity contribution in [2.45, 2.75) is 57.0 Å². The Labute approximate surface area is 162 Å². The number of benzene rings is 1. The van der Waals surface area contributed by atoms with Crippen molar-refractivity contribution in [1.29, 1.82) is 0 Å². The van der Waals surface area contributed by atoms with Crippen LogP contribution < -0.4 is 11.1 Å². The molecule has 0 radical (unpaired) electrons. The molecule has 1 saturated carbocycles. The minimum absolute atomic E-state index is 0. The first kappa shape index (κ1) is 20.7. The molecule has 5 nitrogen and oxygen atoms in total. The number of hydrogen-bond acceptors (Lipinski definition) is 3. The van der Waals surface area contributed by atoms with E-state index in [1.807, 2.05) is 42.2 Å². The number of carbonyl (C=O) groups excluding carboxylic acids is 2. The van der Waals surface area contributed by atoms with Gasteiger partial charge in [0.25, 0.3) is 5.91 Å². The first-order chi connectivity index (χ1) is 12.0. The summed E-state index contributed by atoms with van der Waals surface area (Å²) in [5.74, 6) is 0.112. The highest BCUT2D eigenvalue weighted by Gasteiger charge is 2.40. The summed E-state index contributed by atoms with van der Waals surface area (Å²) < 4.78 is 0. The van der Waals surface area contributed by atoms with E-state index < -0.39 is 0 Å². The zero-order valence-electron chi connectivity index (χ0n) is 15.4. The van der Waals surface area contributed by atoms with Crippen LogP contribution in [-0.4, -0.2) is 41.4 Å². The van der Waals surface area contributed by atoms with E-state index in [-0.39, 0.29) is 41.7 Å². The van der Waals surface area contributed by atoms with Crippen LogP contribution in [0.15, 0.2) is 30.3 Å². The Morgan fingerprint density at radius 2 is 1.77 bits per heavy atom. The molecule has 1 aliphatic carbocycles. The van der Waals surface area contributed by atoms with Crippen LogP contribution in [0, 0.1) is 5.92 Å². The maximum atomic E-state index is 12.9. The number of likely N-dealkylation sites (tertiary alicyclic amines) is 1. The molecule has 6 heteroatoms. The number of carbonyl (C=O) groups is 2. The molecule has 1 saturated heterocycles. The average molecular weight is 380 g/mol. The van der Waals surface area contributed by atoms with Gasteiger partial charge < -0.3 is 16.0 Å². The van der Waals surface area contributed by atoms with Crippen molar-refractivity contribution >= 4 is 24.2 Å². The SMILES string of the molecule is CC1(N)CCCCC1C(=O)N1CCC(NC(=O)c2ccccc2)CC1.Cl. The quantitative estimate of drug-likeness (QED) is 0.847. The summed E-state index contributed by atoms with van der Waals surface area (Å²) in [6.07, 6.45) is 5.64. The zero-order chi connectivity index (χ0) is 17.9. The lowest BCUT2D eigenvalue weighted by atomic mass is 9.74. The van der Waals surface area contributed by atoms with Crippen LogP contribution in [0.5, 0.6) is 0 Å². The van der Waals surface area contributed by atoms with E-state index in [1.54, 1.807) is 0 Å². The Bertz CT molecular complexity index is 613. The zero-order valence-corrected chi connectivity index (χ0v) is 16.3. The molecule has 1 aromatic rings. The normalized spacial score (nSPS) is 26.7. The van der Waals surface area contributed by atoms with Gasteiger partial charge >= 0.3 is 0 Å². The third-order valence-electron chi connectivity index (χ3n) is 5.73. The highest BCUT2D eigenvalue weighted by Crippen LogP contribution is 2.33. The Morgan fingerprint density at radius 1 is 1.12 bits per heavy atom. The number of piperidine rings is 1. The number of halogens is 1. The molecule has 2 aliphatic rings. The second-order valence-electron chi connectivity index (χ2n) is 7.74. The second kappa shape index (κ2) is 8.87. The van der Waals surface area contributed by atoms with Gasteiger partial charge in [-0.3, -0.25) is 9.59 Å². The Morgan fingerprint density at radius 3 is 2.38 bits per heavy atom. The third-order valence-corrected chi connectivity index (χ3v) is 5.73. The van der Waals surface area contributed by atoms with Gasteiger partial charge in [0, 0.05) is 30.2 Å². The van der Waals surface area contributed by atoms with Crippen molar-refractivity contribution in [3.05, 3.63) is 35.9 Å². The summed E-state index contributed by atoms with van der Waals surface area (Å²) in [5, 5.41) is 3.09. The van der Waals surface area contributed by atoms with Crippen LogP contribution in [0.2, 0.25) is 0 Å². The molecule has 2 amide bonds. The van der Waals surface area contributed by atoms with Crippen LogP contribution in [-0.2, 0) is 4.79 Å². The standard InChI is InChI=1S/C20H29N3O2.ClH/c1-20(21)12-6-5-9-17(20)19(25)23-13-10-16(11-14-23)22-18(24)15-7-3-2-4-8-15;/h2-4,7-8,16-17H,5-6,9-14,21H2,1H3,(H,22,24);1H. The second-order valence-corrected chi connectivity index (χ2v) is 7.74. The van der Waals surface area contributed by atoms with E-state index in [0.29, 0.717) is 18.7 Å². The van der Waals surface area contributed by atoms with Gasteiger partial charge in [0.2, 0.25) is 5.91 Å². The van der Waals surface area contributed by atoms with Crippen LogP contribution in [0.3, 0.4) is 0 Å². The molecule has 2 unspecified atom stereocenters. The maximum Gasteiger partial charge on any atom is 0.251 e. The predicted molar refractivity (Wildman–Crippen MR) is 105 cm³/mol. The molecule has 0 bridgehead atoms. The number of hydrogen-bond donors (Lipinski definition) is 2. The molecule has 3 N–H and O–H groups in total. The monoisotopic (exact) mass is 379 g/mol. The summed E-state index contributed by atoms with van der Waals surface area (Å²) in [7, 11) is 0. The first-order valence-corrected chi connectivity index (χ1v) is 9.41. The Hall–Kier alpha value is -1.59. The number of nitrogens with two attached hydrogens (primary N) is 1. The van der Waals surface area contributed by atoms with Gasteiger partial charge in [0.15, 0.2) is 0 Å². The van der Waals surface area contributed by atoms with Crippen LogP contribution in [0.4, 0.5) is 0 Å². The summed E-state index contributed by atoms with van der Waals surface area (Å²) >= 11 is 0. The van der Waals surface area contributed by atoms with Gasteiger partial charge in [-0.25, -0.2) is 0 Å². The maximum absolute atomic E-state index is 12.9. The fourth-order valence-corrected chi connectivity index (χ4v) is 4.09. The number of nitrogens with one attached hydrogen (secondary N) is 1. The third kappa shape index (κ3) is 4.77. The van der Waals surface area contributed by atoms with Gasteiger partial charge in [-0.2, -0.15) is 0 Å². The number of amides is 2. The van der Waals surface area contributed by atoms with E-state index in [2.05, 4.69) is 5.32 Å². The lowest BCUT2D eigenvalue weighted by Crippen LogP contribution is -2.56. The number of nitrogens with zero attached hydrogens (tertiary/aromatic N) is 1. The molecule has 1 aliphatic heterocycles. The molecule has 1 heterocycles. The molecule has 26 heavy (non-hydrogen) atoms.